The molecule has 1 rings (SSSR count). The maximum Gasteiger partial charge on any atom is 0.418 e. The third-order valence-electron chi connectivity index (χ3n) is 2.28. The van der Waals surface area contributed by atoms with Crippen LogP contribution in [0, 0.1) is 6.92 Å². The second kappa shape index (κ2) is 4.75. The van der Waals surface area contributed by atoms with E-state index in [1.165, 1.54) is 20.1 Å². The van der Waals surface area contributed by atoms with Gasteiger partial charge >= 0.3 is 12.1 Å². The first-order valence-corrected chi connectivity index (χ1v) is 4.71. The fourth-order valence-corrected chi connectivity index (χ4v) is 1.38. The number of carbonyl (C=O) groups is 1. The Labute approximate surface area is 95.8 Å². The van der Waals surface area contributed by atoms with Gasteiger partial charge in [-0.05, 0) is 24.1 Å². The van der Waals surface area contributed by atoms with Gasteiger partial charge in [0.2, 0.25) is 0 Å². The van der Waals surface area contributed by atoms with E-state index in [1.54, 1.807) is 0 Å². The largest absolute Gasteiger partial charge is 0.465 e. The molecule has 0 amide bonds. The minimum absolute atomic E-state index is 0.172. The minimum atomic E-state index is -4.72. The van der Waals surface area contributed by atoms with Crippen molar-refractivity contribution in [3.8, 4) is 0 Å². The zero-order valence-electron chi connectivity index (χ0n) is 9.21. The lowest BCUT2D eigenvalue weighted by Gasteiger charge is -2.16. The number of aliphatic hydroxyl groups is 1. The van der Waals surface area contributed by atoms with E-state index < -0.39 is 18.2 Å². The Bertz CT molecular complexity index is 426. The molecular formula is C11H11F3O3. The fourth-order valence-electron chi connectivity index (χ4n) is 1.38. The molecular weight excluding hydrogens is 237 g/mol. The molecule has 17 heavy (non-hydrogen) atoms. The summed E-state index contributed by atoms with van der Waals surface area (Å²) in [6.07, 6.45) is -7.27. The number of rotatable bonds is 2. The molecule has 0 saturated carbocycles. The van der Waals surface area contributed by atoms with Crippen molar-refractivity contribution in [1.29, 1.82) is 0 Å². The Morgan fingerprint density at radius 2 is 2.00 bits per heavy atom. The molecule has 1 atom stereocenters. The van der Waals surface area contributed by atoms with Gasteiger partial charge in [-0.15, -0.1) is 0 Å². The first-order valence-electron chi connectivity index (χ1n) is 4.71. The first-order chi connectivity index (χ1) is 7.77. The van der Waals surface area contributed by atoms with Gasteiger partial charge in [0.05, 0.1) is 12.7 Å². The number of aryl methyl sites for hydroxylation is 1. The van der Waals surface area contributed by atoms with E-state index in [0.29, 0.717) is 5.56 Å². The van der Waals surface area contributed by atoms with E-state index in [0.717, 1.165) is 12.1 Å². The average molecular weight is 248 g/mol. The normalized spacial score (nSPS) is 13.3. The molecule has 0 aromatic heterocycles. The highest BCUT2D eigenvalue weighted by atomic mass is 19.4. The van der Waals surface area contributed by atoms with Crippen LogP contribution in [0.25, 0.3) is 0 Å². The summed E-state index contributed by atoms with van der Waals surface area (Å²) in [6.45, 7) is 1.47. The number of hydrogen-bond acceptors (Lipinski definition) is 3. The molecule has 1 N–H and O–H groups in total. The summed E-state index contributed by atoms with van der Waals surface area (Å²) in [4.78, 5) is 11.2. The van der Waals surface area contributed by atoms with Gasteiger partial charge in [-0.2, -0.15) is 13.2 Å². The lowest BCUT2D eigenvalue weighted by Crippen LogP contribution is -2.20. The predicted octanol–water partition coefficient (Wildman–Crippen LogP) is 2.38. The number of halogens is 3. The summed E-state index contributed by atoms with van der Waals surface area (Å²) in [5.74, 6) is -0.629. The zero-order valence-corrected chi connectivity index (χ0v) is 9.21. The predicted molar refractivity (Wildman–Crippen MR) is 53.5 cm³/mol. The van der Waals surface area contributed by atoms with Gasteiger partial charge in [0, 0.05) is 0 Å². The van der Waals surface area contributed by atoms with Crippen LogP contribution < -0.4 is 0 Å². The molecule has 0 aliphatic carbocycles. The topological polar surface area (TPSA) is 46.5 Å². The lowest BCUT2D eigenvalue weighted by molar-refractivity contribution is -0.206. The minimum Gasteiger partial charge on any atom is -0.465 e. The summed E-state index contributed by atoms with van der Waals surface area (Å²) >= 11 is 0. The van der Waals surface area contributed by atoms with Crippen LogP contribution in [0.15, 0.2) is 18.2 Å². The summed E-state index contributed by atoms with van der Waals surface area (Å²) in [5, 5.41) is 9.03. The van der Waals surface area contributed by atoms with Gasteiger partial charge in [-0.1, -0.05) is 12.1 Å². The Kier molecular flexibility index (Phi) is 3.77. The molecule has 0 spiro atoms. The summed E-state index contributed by atoms with van der Waals surface area (Å²) in [5.41, 5.74) is 0.186. The van der Waals surface area contributed by atoms with Gasteiger partial charge in [0.25, 0.3) is 0 Å². The SMILES string of the molecule is COC(=O)c1ccc([C@H](O)C(F)(F)F)cc1C. The molecule has 1 aromatic carbocycles. The molecule has 6 heteroatoms. The maximum atomic E-state index is 12.3. The number of benzene rings is 1. The molecule has 0 unspecified atom stereocenters. The molecule has 0 heterocycles. The second-order valence-corrected chi connectivity index (χ2v) is 3.51. The molecule has 0 radical (unpaired) electrons. The van der Waals surface area contributed by atoms with E-state index in [2.05, 4.69) is 4.74 Å². The highest BCUT2D eigenvalue weighted by Gasteiger charge is 2.39. The number of hydrogen-bond donors (Lipinski definition) is 1. The van der Waals surface area contributed by atoms with E-state index in [9.17, 15) is 18.0 Å². The number of alkyl halides is 3. The molecule has 0 aliphatic rings. The van der Waals surface area contributed by atoms with Crippen LogP contribution in [0.4, 0.5) is 13.2 Å². The Morgan fingerprint density at radius 3 is 2.41 bits per heavy atom. The monoisotopic (exact) mass is 248 g/mol. The van der Waals surface area contributed by atoms with Crippen LogP contribution in [0.3, 0.4) is 0 Å². The third kappa shape index (κ3) is 2.97. The van der Waals surface area contributed by atoms with Gasteiger partial charge in [-0.3, -0.25) is 0 Å². The molecule has 94 valence electrons. The van der Waals surface area contributed by atoms with Gasteiger partial charge < -0.3 is 9.84 Å². The quantitative estimate of drug-likeness (QED) is 0.817. The third-order valence-corrected chi connectivity index (χ3v) is 2.28. The smallest absolute Gasteiger partial charge is 0.418 e. The van der Waals surface area contributed by atoms with Crippen LogP contribution >= 0.6 is 0 Å². The molecule has 1 aromatic rings. The number of carbonyl (C=O) groups excluding carboxylic acids is 1. The van der Waals surface area contributed by atoms with Gasteiger partial charge in [0.1, 0.15) is 0 Å². The van der Waals surface area contributed by atoms with Crippen molar-refractivity contribution >= 4 is 5.97 Å². The fraction of sp³-hybridized carbons (Fsp3) is 0.364. The van der Waals surface area contributed by atoms with Gasteiger partial charge in [0.15, 0.2) is 6.10 Å². The van der Waals surface area contributed by atoms with Crippen LogP contribution in [0.1, 0.15) is 27.6 Å². The first kappa shape index (κ1) is 13.5. The lowest BCUT2D eigenvalue weighted by atomic mass is 10.0. The van der Waals surface area contributed by atoms with Crippen molar-refractivity contribution in [2.24, 2.45) is 0 Å². The number of methoxy groups -OCH3 is 1. The number of esters is 1. The Balaban J connectivity index is 3.09. The van der Waals surface area contributed by atoms with Crippen molar-refractivity contribution < 1.29 is 27.8 Å². The van der Waals surface area contributed by atoms with Gasteiger partial charge in [-0.25, -0.2) is 4.79 Å². The molecule has 0 bridgehead atoms. The van der Waals surface area contributed by atoms with Crippen molar-refractivity contribution in [3.05, 3.63) is 34.9 Å². The van der Waals surface area contributed by atoms with Crippen LogP contribution in [-0.2, 0) is 4.74 Å². The second-order valence-electron chi connectivity index (χ2n) is 3.51. The summed E-state index contributed by atoms with van der Waals surface area (Å²) < 4.78 is 41.2. The number of aliphatic hydroxyl groups excluding tert-OH is 1. The van der Waals surface area contributed by atoms with Crippen molar-refractivity contribution in [2.45, 2.75) is 19.2 Å². The standard InChI is InChI=1S/C11H11F3O3/c1-6-5-7(9(15)11(12,13)14)3-4-8(6)10(16)17-2/h3-5,9,15H,1-2H3/t9-/m0/s1. The Morgan fingerprint density at radius 1 is 1.41 bits per heavy atom. The number of ether oxygens (including phenoxy) is 1. The van der Waals surface area contributed by atoms with Crippen LogP contribution in [0.5, 0.6) is 0 Å². The van der Waals surface area contributed by atoms with Crippen molar-refractivity contribution in [1.82, 2.24) is 0 Å². The van der Waals surface area contributed by atoms with Crippen molar-refractivity contribution in [3.63, 3.8) is 0 Å². The molecule has 3 nitrogen and oxygen atoms in total. The van der Waals surface area contributed by atoms with Crippen LogP contribution in [0.2, 0.25) is 0 Å². The maximum absolute atomic E-state index is 12.3. The molecule has 0 fully saturated rings. The zero-order chi connectivity index (χ0) is 13.2. The Hall–Kier alpha value is -1.56. The molecule has 0 saturated heterocycles. The highest BCUT2D eigenvalue weighted by molar-refractivity contribution is 5.90. The van der Waals surface area contributed by atoms with Crippen molar-refractivity contribution in [2.75, 3.05) is 7.11 Å². The van der Waals surface area contributed by atoms with E-state index >= 15 is 0 Å². The van der Waals surface area contributed by atoms with E-state index in [1.807, 2.05) is 0 Å². The highest BCUT2D eigenvalue weighted by Crippen LogP contribution is 2.33. The summed E-state index contributed by atoms with van der Waals surface area (Å²) in [6, 6.07) is 3.37. The van der Waals surface area contributed by atoms with E-state index in [4.69, 9.17) is 5.11 Å². The summed E-state index contributed by atoms with van der Waals surface area (Å²) in [7, 11) is 1.18. The average Bonchev–Trinajstić information content (AvgIpc) is 2.25. The van der Waals surface area contributed by atoms with E-state index in [-0.39, 0.29) is 11.1 Å². The molecule has 0 aliphatic heterocycles. The van der Waals surface area contributed by atoms with Crippen LogP contribution in [-0.4, -0.2) is 24.4 Å².